The molecule has 25 atom stereocenters. The number of ether oxygens (including phenoxy) is 8. The van der Waals surface area contributed by atoms with Crippen LogP contribution in [0.25, 0.3) is 0 Å². The van der Waals surface area contributed by atoms with Gasteiger partial charge in [-0.25, -0.2) is 4.79 Å². The van der Waals surface area contributed by atoms with Crippen LogP contribution in [0.15, 0.2) is 0 Å². The maximum Gasteiger partial charge on any atom is 0.364 e. The van der Waals surface area contributed by atoms with Crippen LogP contribution in [0.4, 0.5) is 0 Å². The molecule has 2 amide bonds. The van der Waals surface area contributed by atoms with Gasteiger partial charge in [0.05, 0.1) is 51.3 Å². The summed E-state index contributed by atoms with van der Waals surface area (Å²) in [6, 6.07) is -3.64. The number of nitrogens with one attached hydrogen (secondary N) is 2. The van der Waals surface area contributed by atoms with Gasteiger partial charge in [-0.05, 0) is 6.92 Å². The van der Waals surface area contributed by atoms with E-state index in [2.05, 4.69) is 10.6 Å². The predicted octanol–water partition coefficient (Wildman–Crippen LogP) is -11.8. The van der Waals surface area contributed by atoms with Gasteiger partial charge in [-0.1, -0.05) is 0 Å². The molecule has 0 saturated carbocycles. The number of carboxylic acids is 1. The third kappa shape index (κ3) is 13.1. The number of aliphatic carboxylic acids is 1. The number of hydrogen-bond acceptors (Lipinski definition) is 27. The zero-order valence-electron chi connectivity index (χ0n) is 36.2. The van der Waals surface area contributed by atoms with Gasteiger partial charge in [0.15, 0.2) is 18.9 Å². The topological polar surface area (TPSA) is 493 Å². The molecule has 4 saturated heterocycles. The number of aliphatic hydroxyl groups is 16. The van der Waals surface area contributed by atoms with Gasteiger partial charge in [-0.2, -0.15) is 0 Å². The number of amides is 2. The average Bonchev–Trinajstić information content (AvgIpc) is 3.28. The number of aliphatic hydroxyl groups excluding tert-OH is 16. The summed E-state index contributed by atoms with van der Waals surface area (Å²) < 4.78 is 45.8. The van der Waals surface area contributed by atoms with Crippen molar-refractivity contribution in [1.82, 2.24) is 10.6 Å². The average molecular weight is 985 g/mol. The van der Waals surface area contributed by atoms with E-state index in [-0.39, 0.29) is 0 Å². The standard InChI is InChI=1S/C37H64N2O28/c1-10-20(49)25(54)27(56)34(61-10)66-31-19(39-12(3)45)33(63-18(8-43)30(31)65-35-28(57)26(55)24(53)17(7-42)62-35)64-29(13(5-40)38-11(2)44)23(52)16(48)9-60-37(36(58)59)4-14(46)21(50)32(67-37)22(51)15(47)6-41/h10,13-35,40-43,46-57H,4-9H2,1-3H3,(H,38,44)(H,39,45)(H,58,59)/t10-,13-,14-,15+,16+,17+,18+,19+,20+,21+,22+,23-,24-,25+,26-,27-,28+,29+,30+,31+,32+,33-,34-,35-,37+/m0/s1. The van der Waals surface area contributed by atoms with Crippen molar-refractivity contribution in [2.75, 3.05) is 33.0 Å². The Morgan fingerprint density at radius 2 is 1.25 bits per heavy atom. The molecule has 0 aromatic carbocycles. The summed E-state index contributed by atoms with van der Waals surface area (Å²) in [5.41, 5.74) is 0. The van der Waals surface area contributed by atoms with Crippen molar-refractivity contribution in [2.45, 2.75) is 180 Å². The Kier molecular flexibility index (Phi) is 20.9. The molecule has 0 aromatic rings. The van der Waals surface area contributed by atoms with Gasteiger partial charge in [0, 0.05) is 20.3 Å². The molecule has 0 aliphatic carbocycles. The molecule has 0 spiro atoms. The van der Waals surface area contributed by atoms with Crippen LogP contribution in [-0.2, 0) is 52.3 Å². The molecule has 30 nitrogen and oxygen atoms in total. The van der Waals surface area contributed by atoms with Gasteiger partial charge >= 0.3 is 5.97 Å². The van der Waals surface area contributed by atoms with E-state index in [0.717, 1.165) is 13.8 Å². The molecular weight excluding hydrogens is 920 g/mol. The Hall–Kier alpha value is -2.55. The van der Waals surface area contributed by atoms with Crippen molar-refractivity contribution in [2.24, 2.45) is 0 Å². The molecule has 30 heteroatoms. The second-order valence-electron chi connectivity index (χ2n) is 16.6. The fraction of sp³-hybridized carbons (Fsp3) is 0.919. The van der Waals surface area contributed by atoms with Gasteiger partial charge in [-0.15, -0.1) is 0 Å². The van der Waals surface area contributed by atoms with Gasteiger partial charge < -0.3 is 135 Å². The monoisotopic (exact) mass is 984 g/mol. The Bertz CT molecular complexity index is 1590. The van der Waals surface area contributed by atoms with E-state index in [0.29, 0.717) is 0 Å². The normalized spacial score (nSPS) is 42.1. The zero-order chi connectivity index (χ0) is 50.4. The highest BCUT2D eigenvalue weighted by atomic mass is 16.8. The molecule has 4 aliphatic heterocycles. The molecule has 19 N–H and O–H groups in total. The van der Waals surface area contributed by atoms with Crippen LogP contribution in [-0.4, -0.2) is 290 Å². The Morgan fingerprint density at radius 1 is 0.687 bits per heavy atom. The minimum Gasteiger partial charge on any atom is -0.477 e. The lowest BCUT2D eigenvalue weighted by Crippen LogP contribution is -2.70. The van der Waals surface area contributed by atoms with Crippen molar-refractivity contribution < 1.29 is 139 Å². The second-order valence-corrected chi connectivity index (χ2v) is 16.6. The lowest BCUT2D eigenvalue weighted by molar-refractivity contribution is -0.377. The maximum absolute atomic E-state index is 12.9. The Balaban J connectivity index is 1.75. The van der Waals surface area contributed by atoms with Crippen LogP contribution in [0.3, 0.4) is 0 Å². The largest absolute Gasteiger partial charge is 0.477 e. The molecule has 4 heterocycles. The Morgan fingerprint density at radius 3 is 1.79 bits per heavy atom. The summed E-state index contributed by atoms with van der Waals surface area (Å²) in [5.74, 6) is -6.86. The summed E-state index contributed by atoms with van der Waals surface area (Å²) in [7, 11) is 0. The summed E-state index contributed by atoms with van der Waals surface area (Å²) in [5, 5.41) is 183. The highest BCUT2D eigenvalue weighted by Gasteiger charge is 2.58. The highest BCUT2D eigenvalue weighted by Crippen LogP contribution is 2.36. The van der Waals surface area contributed by atoms with Crippen molar-refractivity contribution in [3.05, 3.63) is 0 Å². The third-order valence-electron chi connectivity index (χ3n) is 11.7. The first-order valence-electron chi connectivity index (χ1n) is 21.0. The lowest BCUT2D eigenvalue weighted by Gasteiger charge is -2.51. The molecule has 4 aliphatic rings. The van der Waals surface area contributed by atoms with Crippen LogP contribution < -0.4 is 10.6 Å². The number of carboxylic acid groups (broad SMARTS) is 1. The van der Waals surface area contributed by atoms with Crippen LogP contribution >= 0.6 is 0 Å². The fourth-order valence-electron chi connectivity index (χ4n) is 7.94. The molecule has 390 valence electrons. The zero-order valence-corrected chi connectivity index (χ0v) is 36.2. The molecule has 0 radical (unpaired) electrons. The molecule has 0 unspecified atom stereocenters. The summed E-state index contributed by atoms with van der Waals surface area (Å²) in [6.45, 7) is -2.34. The van der Waals surface area contributed by atoms with Crippen LogP contribution in [0.2, 0.25) is 0 Å². The van der Waals surface area contributed by atoms with Crippen molar-refractivity contribution in [3.8, 4) is 0 Å². The minimum absolute atomic E-state index is 0.878. The predicted molar refractivity (Wildman–Crippen MR) is 208 cm³/mol. The second kappa shape index (κ2) is 24.5. The van der Waals surface area contributed by atoms with E-state index < -0.39 is 210 Å². The van der Waals surface area contributed by atoms with Gasteiger partial charge in [0.1, 0.15) is 110 Å². The molecule has 0 aromatic heterocycles. The van der Waals surface area contributed by atoms with E-state index in [9.17, 15) is 101 Å². The SMILES string of the molecule is CC(=O)N[C@H]1[C@H](O[C@@H]([C@@H](O)[C@H](O)CO[C@]2(C(=O)O)C[C@H](O)[C@@H](O)[C@H]([C@H](O)[C@H](O)CO)O2)[C@H](CO)NC(C)=O)O[C@H](CO)[C@@H](O[C@@H]2O[C@H](CO)[C@H](O)[C@H](O)[C@H]2O)[C@@H]1O[C@@H]1O[C@@H](C)[C@@H](O)[C@@H](O)[C@@H]1O. The first kappa shape index (κ1) is 57.0. The van der Waals surface area contributed by atoms with E-state index in [4.69, 9.17) is 37.9 Å². The van der Waals surface area contributed by atoms with E-state index >= 15 is 0 Å². The summed E-state index contributed by atoms with van der Waals surface area (Å²) in [4.78, 5) is 37.8. The lowest BCUT2D eigenvalue weighted by atomic mass is 9.90. The first-order valence-corrected chi connectivity index (χ1v) is 21.0. The molecule has 4 fully saturated rings. The summed E-state index contributed by atoms with van der Waals surface area (Å²) >= 11 is 0. The number of carbonyl (C=O) groups is 3. The molecular formula is C37H64N2O28. The Labute approximate surface area is 380 Å². The van der Waals surface area contributed by atoms with Gasteiger partial charge in [0.2, 0.25) is 11.8 Å². The third-order valence-corrected chi connectivity index (χ3v) is 11.7. The first-order chi connectivity index (χ1) is 31.4. The smallest absolute Gasteiger partial charge is 0.364 e. The van der Waals surface area contributed by atoms with Crippen LogP contribution in [0, 0.1) is 0 Å². The molecule has 67 heavy (non-hydrogen) atoms. The maximum atomic E-state index is 12.9. The minimum atomic E-state index is -3.05. The number of rotatable bonds is 21. The van der Waals surface area contributed by atoms with Crippen LogP contribution in [0.5, 0.6) is 0 Å². The molecule has 0 bridgehead atoms. The van der Waals surface area contributed by atoms with Crippen molar-refractivity contribution in [3.63, 3.8) is 0 Å². The van der Waals surface area contributed by atoms with Crippen molar-refractivity contribution in [1.29, 1.82) is 0 Å². The van der Waals surface area contributed by atoms with E-state index in [1.807, 2.05) is 0 Å². The fourth-order valence-corrected chi connectivity index (χ4v) is 7.94. The van der Waals surface area contributed by atoms with E-state index in [1.165, 1.54) is 6.92 Å². The molecule has 4 rings (SSSR count). The van der Waals surface area contributed by atoms with Crippen LogP contribution in [0.1, 0.15) is 27.2 Å². The summed E-state index contributed by atoms with van der Waals surface area (Å²) in [6.07, 6.45) is -44.7. The number of hydrogen-bond donors (Lipinski definition) is 19. The quantitative estimate of drug-likeness (QED) is 0.0508. The number of carbonyl (C=O) groups excluding carboxylic acids is 2. The highest BCUT2D eigenvalue weighted by molar-refractivity contribution is 5.76. The van der Waals surface area contributed by atoms with Gasteiger partial charge in [-0.3, -0.25) is 9.59 Å². The van der Waals surface area contributed by atoms with E-state index in [1.54, 1.807) is 0 Å². The van der Waals surface area contributed by atoms with Crippen molar-refractivity contribution >= 4 is 17.8 Å². The van der Waals surface area contributed by atoms with Gasteiger partial charge in [0.25, 0.3) is 5.79 Å².